The molecule has 2 aliphatic heterocycles. The van der Waals surface area contributed by atoms with Crippen LogP contribution >= 0.6 is 0 Å². The molecule has 63 heavy (non-hydrogen) atoms. The van der Waals surface area contributed by atoms with Crippen LogP contribution in [0.15, 0.2) is 132 Å². The van der Waals surface area contributed by atoms with Gasteiger partial charge in [-0.2, -0.15) is 0 Å². The van der Waals surface area contributed by atoms with E-state index in [-0.39, 0.29) is 31.0 Å². The van der Waals surface area contributed by atoms with E-state index in [0.29, 0.717) is 11.8 Å². The number of benzene rings is 5. The molecule has 2 atom stereocenters. The van der Waals surface area contributed by atoms with Gasteiger partial charge in [-0.1, -0.05) is 136 Å². The fourth-order valence-electron chi connectivity index (χ4n) is 11.3. The summed E-state index contributed by atoms with van der Waals surface area (Å²) in [5, 5.41) is 0. The molecule has 2 heterocycles. The van der Waals surface area contributed by atoms with E-state index in [1.54, 1.807) is 0 Å². The minimum absolute atomic E-state index is 0. The smallest absolute Gasteiger partial charge is 0.243 e. The number of allylic oxidation sites excluding steroid dienone is 6. The average molecular weight is 830 g/mol. The monoisotopic (exact) mass is 830 g/mol. The van der Waals surface area contributed by atoms with Crippen LogP contribution in [0.5, 0.6) is 0 Å². The topological polar surface area (TPSA) is 6.48 Å². The number of rotatable bonds is 7. The third-order valence-corrected chi connectivity index (χ3v) is 15.8. The van der Waals surface area contributed by atoms with Gasteiger partial charge in [-0.15, -0.1) is 0 Å². The van der Waals surface area contributed by atoms with Crippen LogP contribution in [0.3, 0.4) is 0 Å². The third-order valence-electron chi connectivity index (χ3n) is 15.8. The van der Waals surface area contributed by atoms with E-state index >= 15 is 0 Å². The molecule has 0 saturated carbocycles. The molecule has 324 valence electrons. The van der Waals surface area contributed by atoms with E-state index < -0.39 is 0 Å². The first-order chi connectivity index (χ1) is 29.4. The summed E-state index contributed by atoms with van der Waals surface area (Å²) in [5.74, 6) is 0.888. The van der Waals surface area contributed by atoms with Crippen molar-refractivity contribution in [3.63, 3.8) is 0 Å². The molecule has 0 saturated heterocycles. The lowest BCUT2D eigenvalue weighted by Gasteiger charge is -2.48. The second-order valence-electron chi connectivity index (χ2n) is 20.8. The molecule has 2 aliphatic carbocycles. The van der Waals surface area contributed by atoms with Crippen molar-refractivity contribution in [1.29, 1.82) is 0 Å². The van der Waals surface area contributed by atoms with E-state index in [1.165, 1.54) is 112 Å². The van der Waals surface area contributed by atoms with E-state index in [4.69, 9.17) is 0 Å². The minimum atomic E-state index is -0.286. The van der Waals surface area contributed by atoms with E-state index in [0.717, 1.165) is 12.8 Å². The number of aryl methyl sites for hydroxylation is 4. The summed E-state index contributed by atoms with van der Waals surface area (Å²) in [7, 11) is 0. The van der Waals surface area contributed by atoms with Gasteiger partial charge in [0.25, 0.3) is 0 Å². The largest absolute Gasteiger partial charge is 0.358 e. The zero-order chi connectivity index (χ0) is 44.2. The Morgan fingerprint density at radius 1 is 0.603 bits per heavy atom. The Morgan fingerprint density at radius 2 is 1.19 bits per heavy atom. The Balaban J connectivity index is 0.00000544. The van der Waals surface area contributed by atoms with Crippen LogP contribution in [-0.2, 0) is 10.8 Å². The van der Waals surface area contributed by atoms with Gasteiger partial charge in [-0.25, -0.2) is 0 Å². The van der Waals surface area contributed by atoms with Gasteiger partial charge in [0.2, 0.25) is 6.71 Å². The zero-order valence-electron chi connectivity index (χ0n) is 41.0. The molecule has 0 radical (unpaired) electrons. The Hall–Kier alpha value is -5.28. The Labute approximate surface area is 381 Å². The number of nitrogens with zero attached hydrogens (tertiary/aromatic N) is 2. The molecule has 5 aromatic rings. The summed E-state index contributed by atoms with van der Waals surface area (Å²) in [4.78, 5) is 5.22. The van der Waals surface area contributed by atoms with Crippen LogP contribution in [0.1, 0.15) is 138 Å². The van der Waals surface area contributed by atoms with Gasteiger partial charge in [0.1, 0.15) is 0 Å². The SMILES string of the molecule is CC1=CCC(N(c2ccc(C)c(C)c2)c2cc3c4c(c2)C(C)(C)c2cccc(C(C)C)c2B4c2ccc(N(C4=CC=C(C)C(C)C4)c4ccc(C)c(C)c4)cc2C3(C)C)C=C1C.[CH3-]. The predicted molar refractivity (Wildman–Crippen MR) is 276 cm³/mol. The molecule has 0 bridgehead atoms. The van der Waals surface area contributed by atoms with Gasteiger partial charge in [-0.05, 0) is 178 Å². The maximum Gasteiger partial charge on any atom is 0.243 e. The van der Waals surface area contributed by atoms with Gasteiger partial charge in [0.15, 0.2) is 0 Å². The molecular formula is C60H70BN2-. The molecule has 0 spiro atoms. The minimum Gasteiger partial charge on any atom is -0.358 e. The molecule has 9 rings (SSSR count). The lowest BCUT2D eigenvalue weighted by Crippen LogP contribution is -2.67. The second kappa shape index (κ2) is 16.1. The molecule has 0 N–H and O–H groups in total. The lowest BCUT2D eigenvalue weighted by molar-refractivity contribution is 0.619. The first-order valence-corrected chi connectivity index (χ1v) is 23.3. The summed E-state index contributed by atoms with van der Waals surface area (Å²) in [6, 6.07) is 34.2. The molecule has 0 amide bonds. The summed E-state index contributed by atoms with van der Waals surface area (Å²) in [5.41, 5.74) is 27.1. The van der Waals surface area contributed by atoms with Crippen molar-refractivity contribution in [2.45, 2.75) is 133 Å². The van der Waals surface area contributed by atoms with Crippen molar-refractivity contribution in [3.8, 4) is 0 Å². The Morgan fingerprint density at radius 3 is 1.81 bits per heavy atom. The summed E-state index contributed by atoms with van der Waals surface area (Å²) < 4.78 is 0. The number of anilines is 4. The fourth-order valence-corrected chi connectivity index (χ4v) is 11.3. The van der Waals surface area contributed by atoms with Gasteiger partial charge in [-0.3, -0.25) is 0 Å². The number of hydrogen-bond acceptors (Lipinski definition) is 2. The maximum absolute atomic E-state index is 2.66. The molecule has 0 fully saturated rings. The van der Waals surface area contributed by atoms with Crippen LogP contribution in [0.2, 0.25) is 0 Å². The third kappa shape index (κ3) is 7.19. The van der Waals surface area contributed by atoms with Crippen molar-refractivity contribution in [3.05, 3.63) is 189 Å². The normalized spacial score (nSPS) is 19.1. The van der Waals surface area contributed by atoms with Crippen LogP contribution in [0.25, 0.3) is 0 Å². The standard InChI is InChI=1S/C59H67BN2.CH3/c1-35(2)50-16-15-17-51-56(50)60-55-27-26-48(61(44-22-18-36(3)40(7)28-44)45-23-19-37(4)41(8)29-45)32-52(55)59(13,14)54-34-49(33-53(57(54)60)58(51,11)12)62(46-24-20-38(5)42(9)30-46)47-25-21-39(6)43(10)31-47;/h15-24,26-28,30-35,41,47H,25,29H2,1-14H3;1H3/q;-1. The molecular weight excluding hydrogens is 759 g/mol. The molecule has 2 unspecified atom stereocenters. The highest BCUT2D eigenvalue weighted by Gasteiger charge is 2.50. The molecule has 0 aromatic heterocycles. The number of hydrogen-bond donors (Lipinski definition) is 0. The first-order valence-electron chi connectivity index (χ1n) is 23.3. The van der Waals surface area contributed by atoms with E-state index in [1.807, 2.05) is 0 Å². The fraction of sp³-hybridized carbons (Fsp3) is 0.350. The van der Waals surface area contributed by atoms with Crippen LogP contribution in [0, 0.1) is 41.0 Å². The molecule has 5 aromatic carbocycles. The average Bonchev–Trinajstić information content (AvgIpc) is 3.23. The maximum atomic E-state index is 2.66. The van der Waals surface area contributed by atoms with Gasteiger partial charge in [0, 0.05) is 39.3 Å². The Bertz CT molecular complexity index is 2790. The molecule has 3 heteroatoms. The van der Waals surface area contributed by atoms with Crippen molar-refractivity contribution in [2.75, 3.05) is 9.80 Å². The highest BCUT2D eigenvalue weighted by molar-refractivity contribution is 6.97. The van der Waals surface area contributed by atoms with Crippen molar-refractivity contribution >= 4 is 45.9 Å². The second-order valence-corrected chi connectivity index (χ2v) is 20.8. The van der Waals surface area contributed by atoms with Gasteiger partial charge < -0.3 is 17.2 Å². The summed E-state index contributed by atoms with van der Waals surface area (Å²) in [6.45, 7) is 33.0. The van der Waals surface area contributed by atoms with Crippen LogP contribution in [-0.4, -0.2) is 12.8 Å². The summed E-state index contributed by atoms with van der Waals surface area (Å²) in [6.07, 6.45) is 11.7. The zero-order valence-corrected chi connectivity index (χ0v) is 41.0. The van der Waals surface area contributed by atoms with Gasteiger partial charge in [0.05, 0.1) is 6.04 Å². The lowest BCUT2D eigenvalue weighted by atomic mass is 9.26. The van der Waals surface area contributed by atoms with Crippen molar-refractivity contribution in [1.82, 2.24) is 0 Å². The summed E-state index contributed by atoms with van der Waals surface area (Å²) >= 11 is 0. The highest BCUT2D eigenvalue weighted by atomic mass is 15.2. The van der Waals surface area contributed by atoms with E-state index in [2.05, 4.69) is 216 Å². The molecule has 4 aliphatic rings. The van der Waals surface area contributed by atoms with E-state index in [9.17, 15) is 0 Å². The quantitative estimate of drug-likeness (QED) is 0.119. The Kier molecular flexibility index (Phi) is 11.3. The van der Waals surface area contributed by atoms with Crippen molar-refractivity contribution in [2.24, 2.45) is 5.92 Å². The first kappa shape index (κ1) is 44.3. The molecule has 2 nitrogen and oxygen atoms in total. The number of fused-ring (bicyclic) bond motifs is 4. The highest BCUT2D eigenvalue weighted by Crippen LogP contribution is 2.47. The van der Waals surface area contributed by atoms with Crippen LogP contribution in [0.4, 0.5) is 22.7 Å². The van der Waals surface area contributed by atoms with Crippen molar-refractivity contribution < 1.29 is 0 Å². The van der Waals surface area contributed by atoms with Gasteiger partial charge >= 0.3 is 0 Å². The van der Waals surface area contributed by atoms with Crippen LogP contribution < -0.4 is 26.2 Å². The predicted octanol–water partition coefficient (Wildman–Crippen LogP) is 14.1.